The first-order chi connectivity index (χ1) is 13.1. The summed E-state index contributed by atoms with van der Waals surface area (Å²) in [6.45, 7) is 0. The van der Waals surface area contributed by atoms with E-state index in [0.29, 0.717) is 5.82 Å². The molecule has 6 heteroatoms. The molecular weight excluding hydrogens is 338 g/mol. The Kier molecular flexibility index (Phi) is 3.46. The Morgan fingerprint density at radius 3 is 2.85 bits per heavy atom. The quantitative estimate of drug-likeness (QED) is 0.392. The number of H-pyrrole nitrogens is 2. The fourth-order valence-electron chi connectivity index (χ4n) is 3.88. The first-order valence-electron chi connectivity index (χ1n) is 9.09. The molecular formula is C21H19N5O. The number of nitrogens with two attached hydrogens (primary N) is 1. The van der Waals surface area contributed by atoms with E-state index in [1.807, 2.05) is 30.5 Å². The number of aromatic nitrogens is 4. The predicted octanol–water partition coefficient (Wildman–Crippen LogP) is 3.35. The molecule has 5 rings (SSSR count). The molecule has 0 bridgehead atoms. The summed E-state index contributed by atoms with van der Waals surface area (Å²) in [5, 5.41) is 19.6. The summed E-state index contributed by atoms with van der Waals surface area (Å²) in [4.78, 5) is 7.50. The zero-order valence-electron chi connectivity index (χ0n) is 14.7. The number of nitrogens with zero attached hydrogens (tertiary/aromatic N) is 2. The number of pyridine rings is 1. The van der Waals surface area contributed by atoms with Crippen molar-refractivity contribution in [3.05, 3.63) is 42.2 Å². The van der Waals surface area contributed by atoms with Gasteiger partial charge in [-0.3, -0.25) is 5.10 Å². The Morgan fingerprint density at radius 1 is 1.15 bits per heavy atom. The Bertz CT molecular complexity index is 1220. The van der Waals surface area contributed by atoms with Crippen LogP contribution < -0.4 is 5.73 Å². The van der Waals surface area contributed by atoms with E-state index in [1.54, 1.807) is 6.20 Å². The molecule has 134 valence electrons. The molecule has 5 N–H and O–H groups in total. The van der Waals surface area contributed by atoms with Gasteiger partial charge in [-0.1, -0.05) is 11.8 Å². The normalized spacial score (nSPS) is 15.9. The van der Waals surface area contributed by atoms with Gasteiger partial charge >= 0.3 is 0 Å². The van der Waals surface area contributed by atoms with Crippen LogP contribution in [0, 0.1) is 11.8 Å². The number of nitrogen functional groups attached to an aromatic ring is 1. The molecule has 1 aromatic carbocycles. The number of benzene rings is 1. The van der Waals surface area contributed by atoms with E-state index in [2.05, 4.69) is 32.0 Å². The smallest absolute Gasteiger partial charge is 0.153 e. The second-order valence-electron chi connectivity index (χ2n) is 7.14. The van der Waals surface area contributed by atoms with Gasteiger partial charge in [0.1, 0.15) is 11.2 Å². The summed E-state index contributed by atoms with van der Waals surface area (Å²) < 4.78 is 0. The van der Waals surface area contributed by atoms with Crippen LogP contribution in [0.25, 0.3) is 33.1 Å². The second-order valence-corrected chi connectivity index (χ2v) is 7.14. The Hall–Kier alpha value is -3.30. The van der Waals surface area contributed by atoms with Gasteiger partial charge in [-0.15, -0.1) is 0 Å². The third-order valence-corrected chi connectivity index (χ3v) is 5.33. The molecule has 1 fully saturated rings. The number of nitrogens with one attached hydrogen (secondary N) is 2. The maximum absolute atomic E-state index is 10.6. The minimum absolute atomic E-state index is 0.439. The van der Waals surface area contributed by atoms with Gasteiger partial charge in [0.15, 0.2) is 5.82 Å². The van der Waals surface area contributed by atoms with Crippen LogP contribution in [0.5, 0.6) is 0 Å². The standard InChI is InChI=1S/C21H19N5O/c22-19-17-12-14(15-4-9-23-20-16(15)5-10-24-20)11-13(18(17)25-26-19)3-8-21(27)6-1-2-7-21/h4-5,9-12,27H,1-2,6-7H2,(H,23,24)(H3,22,25,26). The molecule has 0 radical (unpaired) electrons. The van der Waals surface area contributed by atoms with E-state index in [4.69, 9.17) is 5.73 Å². The van der Waals surface area contributed by atoms with Gasteiger partial charge in [0.2, 0.25) is 0 Å². The maximum Gasteiger partial charge on any atom is 0.153 e. The molecule has 27 heavy (non-hydrogen) atoms. The summed E-state index contributed by atoms with van der Waals surface area (Å²) in [5.74, 6) is 6.71. The van der Waals surface area contributed by atoms with Gasteiger partial charge < -0.3 is 15.8 Å². The Balaban J connectivity index is 1.72. The first-order valence-corrected chi connectivity index (χ1v) is 9.09. The third kappa shape index (κ3) is 2.64. The van der Waals surface area contributed by atoms with Crippen molar-refractivity contribution >= 4 is 27.8 Å². The fraction of sp³-hybridized carbons (Fsp3) is 0.238. The lowest BCUT2D eigenvalue weighted by Gasteiger charge is -2.13. The van der Waals surface area contributed by atoms with Gasteiger partial charge in [-0.2, -0.15) is 5.10 Å². The molecule has 1 aliphatic rings. The van der Waals surface area contributed by atoms with E-state index in [1.165, 1.54) is 0 Å². The third-order valence-electron chi connectivity index (χ3n) is 5.33. The first kappa shape index (κ1) is 15.9. The van der Waals surface area contributed by atoms with Crippen LogP contribution in [0.1, 0.15) is 31.2 Å². The van der Waals surface area contributed by atoms with Crippen molar-refractivity contribution in [1.82, 2.24) is 20.2 Å². The molecule has 1 saturated carbocycles. The summed E-state index contributed by atoms with van der Waals surface area (Å²) in [5.41, 5.74) is 9.63. The minimum atomic E-state index is -0.890. The zero-order chi connectivity index (χ0) is 18.4. The van der Waals surface area contributed by atoms with Crippen LogP contribution in [0.2, 0.25) is 0 Å². The molecule has 0 saturated heterocycles. The van der Waals surface area contributed by atoms with Crippen LogP contribution in [0.3, 0.4) is 0 Å². The number of rotatable bonds is 1. The van der Waals surface area contributed by atoms with Crippen LogP contribution >= 0.6 is 0 Å². The lowest BCUT2D eigenvalue weighted by molar-refractivity contribution is 0.110. The number of fused-ring (bicyclic) bond motifs is 2. The van der Waals surface area contributed by atoms with E-state index in [-0.39, 0.29) is 0 Å². The van der Waals surface area contributed by atoms with E-state index in [9.17, 15) is 5.11 Å². The van der Waals surface area contributed by atoms with Crippen molar-refractivity contribution in [2.24, 2.45) is 0 Å². The Morgan fingerprint density at radius 2 is 2.00 bits per heavy atom. The van der Waals surface area contributed by atoms with Crippen LogP contribution in [-0.4, -0.2) is 30.9 Å². The van der Waals surface area contributed by atoms with Crippen molar-refractivity contribution in [3.8, 4) is 23.0 Å². The summed E-state index contributed by atoms with van der Waals surface area (Å²) in [6.07, 6.45) is 7.14. The molecule has 4 aromatic rings. The van der Waals surface area contributed by atoms with E-state index in [0.717, 1.165) is 64.3 Å². The SMILES string of the molecule is Nc1n[nH]c2c(C#CC3(O)CCCC3)cc(-c3ccnc4[nH]ccc34)cc12. The van der Waals surface area contributed by atoms with Gasteiger partial charge in [-0.05, 0) is 61.1 Å². The largest absolute Gasteiger partial charge is 0.382 e. The molecule has 0 aliphatic heterocycles. The summed E-state index contributed by atoms with van der Waals surface area (Å²) >= 11 is 0. The number of anilines is 1. The van der Waals surface area contributed by atoms with Gasteiger partial charge in [0.05, 0.1) is 11.1 Å². The maximum atomic E-state index is 10.6. The number of hydrogen-bond donors (Lipinski definition) is 4. The second kappa shape index (κ2) is 5.86. The Labute approximate surface area is 155 Å². The van der Waals surface area contributed by atoms with Crippen molar-refractivity contribution in [2.75, 3.05) is 5.73 Å². The highest BCUT2D eigenvalue weighted by atomic mass is 16.3. The monoisotopic (exact) mass is 357 g/mol. The molecule has 6 nitrogen and oxygen atoms in total. The minimum Gasteiger partial charge on any atom is -0.382 e. The molecule has 0 unspecified atom stereocenters. The van der Waals surface area contributed by atoms with Crippen LogP contribution in [0.15, 0.2) is 36.7 Å². The molecule has 0 atom stereocenters. The molecule has 3 aromatic heterocycles. The topological polar surface area (TPSA) is 104 Å². The number of hydrogen-bond acceptors (Lipinski definition) is 4. The van der Waals surface area contributed by atoms with Crippen molar-refractivity contribution in [3.63, 3.8) is 0 Å². The molecule has 0 amide bonds. The van der Waals surface area contributed by atoms with Crippen molar-refractivity contribution < 1.29 is 5.11 Å². The molecule has 3 heterocycles. The zero-order valence-corrected chi connectivity index (χ0v) is 14.7. The van der Waals surface area contributed by atoms with Crippen LogP contribution in [0.4, 0.5) is 5.82 Å². The summed E-state index contributed by atoms with van der Waals surface area (Å²) in [6, 6.07) is 8.03. The van der Waals surface area contributed by atoms with Crippen molar-refractivity contribution in [1.29, 1.82) is 0 Å². The molecule has 1 aliphatic carbocycles. The highest BCUT2D eigenvalue weighted by molar-refractivity contribution is 6.00. The average Bonchev–Trinajstić information content (AvgIpc) is 3.40. The van der Waals surface area contributed by atoms with Crippen molar-refractivity contribution in [2.45, 2.75) is 31.3 Å². The van der Waals surface area contributed by atoms with E-state index < -0.39 is 5.60 Å². The molecule has 0 spiro atoms. The van der Waals surface area contributed by atoms with Gasteiger partial charge in [0, 0.05) is 23.2 Å². The van der Waals surface area contributed by atoms with Gasteiger partial charge in [0.25, 0.3) is 0 Å². The highest BCUT2D eigenvalue weighted by Gasteiger charge is 2.28. The van der Waals surface area contributed by atoms with Crippen LogP contribution in [-0.2, 0) is 0 Å². The number of aromatic amines is 2. The van der Waals surface area contributed by atoms with Gasteiger partial charge in [-0.25, -0.2) is 4.98 Å². The average molecular weight is 357 g/mol. The lowest BCUT2D eigenvalue weighted by atomic mass is 9.97. The van der Waals surface area contributed by atoms with E-state index >= 15 is 0 Å². The predicted molar refractivity (Wildman–Crippen MR) is 106 cm³/mol. The highest BCUT2D eigenvalue weighted by Crippen LogP contribution is 2.33. The fourth-order valence-corrected chi connectivity index (χ4v) is 3.88. The lowest BCUT2D eigenvalue weighted by Crippen LogP contribution is -2.20. The number of aliphatic hydroxyl groups is 1. The summed E-state index contributed by atoms with van der Waals surface area (Å²) in [7, 11) is 0.